The van der Waals surface area contributed by atoms with Crippen molar-refractivity contribution in [1.82, 2.24) is 9.39 Å². The van der Waals surface area contributed by atoms with Gasteiger partial charge in [-0.15, -0.1) is 11.8 Å². The predicted molar refractivity (Wildman–Crippen MR) is 130 cm³/mol. The summed E-state index contributed by atoms with van der Waals surface area (Å²) in [6.45, 7) is 5.10. The number of nitrogens with zero attached hydrogens (tertiary/aromatic N) is 2. The number of oxime groups is 1. The van der Waals surface area contributed by atoms with Crippen molar-refractivity contribution < 1.29 is 18.7 Å². The molecule has 0 bridgehead atoms. The van der Waals surface area contributed by atoms with E-state index in [1.54, 1.807) is 6.92 Å². The summed E-state index contributed by atoms with van der Waals surface area (Å²) in [6, 6.07) is 10.00. The number of carbonyl (C=O) groups excluding carboxylic acids is 1. The normalized spacial score (nSPS) is 18.2. The van der Waals surface area contributed by atoms with Crippen molar-refractivity contribution in [2.24, 2.45) is 10.6 Å². The van der Waals surface area contributed by atoms with E-state index < -0.39 is 12.7 Å². The Morgan fingerprint density at radius 2 is 1.93 bits per heavy atom. The molecule has 1 aromatic carbocycles. The van der Waals surface area contributed by atoms with Gasteiger partial charge in [0.25, 0.3) is 6.64 Å². The molecular formula is C19H30N3O4PS3. The molecule has 0 radical (unpaired) electrons. The van der Waals surface area contributed by atoms with Crippen molar-refractivity contribution in [3.63, 3.8) is 0 Å². The van der Waals surface area contributed by atoms with Crippen LogP contribution >= 0.6 is 30.4 Å². The maximum absolute atomic E-state index is 11.9. The highest BCUT2D eigenvalue weighted by Crippen LogP contribution is 2.61. The highest BCUT2D eigenvalue weighted by molar-refractivity contribution is 8.15. The van der Waals surface area contributed by atoms with Crippen molar-refractivity contribution in [2.45, 2.75) is 40.2 Å². The topological polar surface area (TPSA) is 72.4 Å². The molecule has 1 aliphatic rings. The minimum absolute atomic E-state index is 0.0145. The molecule has 0 spiro atoms. The van der Waals surface area contributed by atoms with Crippen LogP contribution in [0.1, 0.15) is 39.2 Å². The van der Waals surface area contributed by atoms with Gasteiger partial charge in [-0.05, 0) is 55.3 Å². The molecule has 30 heavy (non-hydrogen) atoms. The summed E-state index contributed by atoms with van der Waals surface area (Å²) < 4.78 is 14.3. The average molecular weight is 492 g/mol. The van der Waals surface area contributed by atoms with Crippen LogP contribution in [0.2, 0.25) is 0 Å². The number of rotatable bonds is 9. The molecule has 1 aromatic rings. The van der Waals surface area contributed by atoms with Crippen molar-refractivity contribution in [1.29, 1.82) is 0 Å². The fourth-order valence-electron chi connectivity index (χ4n) is 2.59. The van der Waals surface area contributed by atoms with Crippen LogP contribution in [0.4, 0.5) is 4.79 Å². The summed E-state index contributed by atoms with van der Waals surface area (Å²) in [5, 5.41) is 7.07. The van der Waals surface area contributed by atoms with Crippen molar-refractivity contribution in [3.05, 3.63) is 35.9 Å². The third-order valence-corrected chi connectivity index (χ3v) is 10.5. The van der Waals surface area contributed by atoms with Gasteiger partial charge < -0.3 is 14.4 Å². The highest BCUT2D eigenvalue weighted by atomic mass is 32.5. The van der Waals surface area contributed by atoms with Crippen LogP contribution in [0, 0.1) is 5.41 Å². The van der Waals surface area contributed by atoms with Crippen molar-refractivity contribution >= 4 is 53.3 Å². The van der Waals surface area contributed by atoms with Gasteiger partial charge in [-0.2, -0.15) is 4.08 Å². The molecule has 0 unspecified atom stereocenters. The van der Waals surface area contributed by atoms with Gasteiger partial charge in [0.05, 0.1) is 19.1 Å². The van der Waals surface area contributed by atoms with Crippen molar-refractivity contribution in [3.8, 4) is 0 Å². The quantitative estimate of drug-likeness (QED) is 0.0911. The molecule has 1 heterocycles. The summed E-state index contributed by atoms with van der Waals surface area (Å²) in [5.74, 6) is 0.261. The van der Waals surface area contributed by atoms with Crippen LogP contribution < -0.4 is 5.32 Å². The molecule has 168 valence electrons. The van der Waals surface area contributed by atoms with Crippen molar-refractivity contribution in [2.75, 3.05) is 25.3 Å². The van der Waals surface area contributed by atoms with Gasteiger partial charge in [0.2, 0.25) is 0 Å². The fraction of sp³-hybridized carbons (Fsp3) is 0.579. The lowest BCUT2D eigenvalue weighted by Gasteiger charge is -2.43. The van der Waals surface area contributed by atoms with Crippen LogP contribution in [0.3, 0.4) is 0 Å². The van der Waals surface area contributed by atoms with E-state index in [-0.39, 0.29) is 11.3 Å². The first-order valence-corrected chi connectivity index (χ1v) is 14.5. The molecule has 0 aromatic heterocycles. The molecule has 11 heteroatoms. The lowest BCUT2D eigenvalue weighted by Crippen LogP contribution is -2.37. The second kappa shape index (κ2) is 12.4. The number of thioether (sulfide) groups is 1. The molecule has 0 atom stereocenters. The average Bonchev–Trinajstić information content (AvgIpc) is 2.78. The first-order chi connectivity index (χ1) is 14.4. The van der Waals surface area contributed by atoms with Gasteiger partial charge in [-0.3, -0.25) is 4.84 Å². The molecule has 1 saturated heterocycles. The summed E-state index contributed by atoms with van der Waals surface area (Å²) in [5.41, 5.74) is 1.10. The Hall–Kier alpha value is -0.610. The molecule has 0 saturated carbocycles. The summed E-state index contributed by atoms with van der Waals surface area (Å²) in [4.78, 5) is 16.7. The third kappa shape index (κ3) is 7.51. The molecule has 2 rings (SSSR count). The minimum Gasteiger partial charge on any atom is -0.317 e. The molecule has 1 N–H and O–H groups in total. The molecule has 1 fully saturated rings. The Labute approximate surface area is 193 Å². The second-order valence-corrected chi connectivity index (χ2v) is 12.4. The van der Waals surface area contributed by atoms with Crippen LogP contribution in [0.5, 0.6) is 0 Å². The summed E-state index contributed by atoms with van der Waals surface area (Å²) >= 11 is 8.63. The van der Waals surface area contributed by atoms with E-state index in [9.17, 15) is 4.79 Å². The van der Waals surface area contributed by atoms with E-state index in [0.717, 1.165) is 18.4 Å². The lowest BCUT2D eigenvalue weighted by molar-refractivity contribution is 0.0187. The Bertz CT molecular complexity index is 749. The summed E-state index contributed by atoms with van der Waals surface area (Å²) in [6.07, 6.45) is 3.20. The Kier molecular flexibility index (Phi) is 10.6. The van der Waals surface area contributed by atoms with E-state index in [4.69, 9.17) is 25.7 Å². The van der Waals surface area contributed by atoms with Crippen LogP contribution in [-0.2, 0) is 32.2 Å². The van der Waals surface area contributed by atoms with E-state index in [2.05, 4.69) is 24.3 Å². The van der Waals surface area contributed by atoms with Crippen LogP contribution in [0.25, 0.3) is 0 Å². The zero-order chi connectivity index (χ0) is 22.0. The largest absolute Gasteiger partial charge is 0.434 e. The number of carbonyl (C=O) groups is 1. The van der Waals surface area contributed by atoms with E-state index in [1.165, 1.54) is 23.7 Å². The SMILES string of the molecule is CCC1(CC)COP(=S)(N(Cc2ccccc2)SCNC(=O)ON=C(C)SC)OC1. The molecule has 0 aliphatic carbocycles. The number of amides is 1. The number of hydrogen-bond acceptors (Lipinski definition) is 8. The van der Waals surface area contributed by atoms with Crippen LogP contribution in [-0.4, -0.2) is 40.6 Å². The van der Waals surface area contributed by atoms with Gasteiger partial charge in [0.15, 0.2) is 0 Å². The van der Waals surface area contributed by atoms with Gasteiger partial charge in [0.1, 0.15) is 5.04 Å². The number of hydrogen-bond donors (Lipinski definition) is 1. The van der Waals surface area contributed by atoms with Gasteiger partial charge in [-0.25, -0.2) is 4.79 Å². The molecule has 1 amide bonds. The Morgan fingerprint density at radius 3 is 2.50 bits per heavy atom. The number of benzene rings is 1. The predicted octanol–water partition coefficient (Wildman–Crippen LogP) is 5.59. The maximum atomic E-state index is 11.9. The first kappa shape index (κ1) is 25.6. The minimum atomic E-state index is -2.68. The molecule has 7 nitrogen and oxygen atoms in total. The highest BCUT2D eigenvalue weighted by Gasteiger charge is 2.41. The van der Waals surface area contributed by atoms with E-state index in [1.807, 2.05) is 40.7 Å². The second-order valence-electron chi connectivity index (χ2n) is 6.86. The first-order valence-electron chi connectivity index (χ1n) is 9.74. The van der Waals surface area contributed by atoms with Crippen LogP contribution in [0.15, 0.2) is 35.5 Å². The number of nitrogens with one attached hydrogen (secondary N) is 1. The van der Waals surface area contributed by atoms with E-state index in [0.29, 0.717) is 24.8 Å². The molecular weight excluding hydrogens is 461 g/mol. The smallest absolute Gasteiger partial charge is 0.317 e. The Morgan fingerprint density at radius 1 is 1.30 bits per heavy atom. The zero-order valence-corrected chi connectivity index (χ0v) is 21.2. The standard InChI is InChI=1S/C19H30N3O4PS3/c1-5-19(6-2)13-24-27(28,25-14-19)22(12-17-10-8-7-9-11-17)30-15-20-18(23)26-21-16(3)29-4/h7-11H,5-6,12-15H2,1-4H3,(H,20,23). The molecule has 1 aliphatic heterocycles. The van der Waals surface area contributed by atoms with Gasteiger partial charge in [0, 0.05) is 12.0 Å². The lowest BCUT2D eigenvalue weighted by atomic mass is 9.84. The Balaban J connectivity index is 2.02. The maximum Gasteiger partial charge on any atom is 0.434 e. The zero-order valence-electron chi connectivity index (χ0n) is 17.8. The monoisotopic (exact) mass is 491 g/mol. The third-order valence-electron chi connectivity index (χ3n) is 4.98. The van der Waals surface area contributed by atoms with Gasteiger partial charge in [-0.1, -0.05) is 49.3 Å². The van der Waals surface area contributed by atoms with Gasteiger partial charge >= 0.3 is 6.09 Å². The fourth-order valence-corrected chi connectivity index (χ4v) is 6.75. The summed E-state index contributed by atoms with van der Waals surface area (Å²) in [7, 11) is 0. The van der Waals surface area contributed by atoms with E-state index >= 15 is 0 Å².